The number of carbonyl (C=O) groups excluding carboxylic acids is 1. The second-order valence-electron chi connectivity index (χ2n) is 4.48. The van der Waals surface area contributed by atoms with E-state index in [1.165, 1.54) is 0 Å². The number of alkyl halides is 1. The molecule has 0 heterocycles. The van der Waals surface area contributed by atoms with Crippen LogP contribution in [0.3, 0.4) is 0 Å². The maximum atomic E-state index is 11.4. The SMILES string of the molecule is C=CCCOC(=O)C(I)CC(C)(C)C. The molecule has 0 aromatic rings. The third-order valence-corrected chi connectivity index (χ3v) is 2.56. The minimum Gasteiger partial charge on any atom is -0.465 e. The fourth-order valence-corrected chi connectivity index (χ4v) is 2.46. The summed E-state index contributed by atoms with van der Waals surface area (Å²) in [4.78, 5) is 11.4. The van der Waals surface area contributed by atoms with Crippen LogP contribution in [0.15, 0.2) is 12.7 Å². The van der Waals surface area contributed by atoms with E-state index in [0.717, 1.165) is 12.8 Å². The van der Waals surface area contributed by atoms with Crippen molar-refractivity contribution in [3.05, 3.63) is 12.7 Å². The molecule has 0 aromatic carbocycles. The zero-order valence-corrected chi connectivity index (χ0v) is 11.3. The molecule has 0 amide bonds. The Hall–Kier alpha value is -0.0600. The molecule has 1 atom stereocenters. The largest absolute Gasteiger partial charge is 0.465 e. The first-order chi connectivity index (χ1) is 6.37. The Morgan fingerprint density at radius 3 is 2.57 bits per heavy atom. The van der Waals surface area contributed by atoms with Crippen LogP contribution in [-0.2, 0) is 9.53 Å². The molecule has 0 bridgehead atoms. The van der Waals surface area contributed by atoms with Crippen LogP contribution in [-0.4, -0.2) is 16.5 Å². The molecular weight excluding hydrogens is 291 g/mol. The van der Waals surface area contributed by atoms with E-state index < -0.39 is 0 Å². The van der Waals surface area contributed by atoms with Gasteiger partial charge in [-0.05, 0) is 18.3 Å². The zero-order chi connectivity index (χ0) is 11.2. The Kier molecular flexibility index (Phi) is 6.40. The van der Waals surface area contributed by atoms with E-state index in [1.807, 2.05) is 0 Å². The van der Waals surface area contributed by atoms with Gasteiger partial charge >= 0.3 is 5.97 Å². The Labute approximate surface area is 100 Å². The Balaban J connectivity index is 3.82. The highest BCUT2D eigenvalue weighted by Crippen LogP contribution is 2.25. The van der Waals surface area contributed by atoms with Gasteiger partial charge in [-0.15, -0.1) is 6.58 Å². The van der Waals surface area contributed by atoms with Gasteiger partial charge in [0, 0.05) is 0 Å². The number of hydrogen-bond acceptors (Lipinski definition) is 2. The molecule has 14 heavy (non-hydrogen) atoms. The van der Waals surface area contributed by atoms with E-state index in [2.05, 4.69) is 49.9 Å². The Morgan fingerprint density at radius 1 is 1.57 bits per heavy atom. The van der Waals surface area contributed by atoms with Crippen molar-refractivity contribution < 1.29 is 9.53 Å². The summed E-state index contributed by atoms with van der Waals surface area (Å²) in [6.07, 6.45) is 3.32. The minimum atomic E-state index is -0.109. The molecule has 0 aliphatic rings. The molecule has 0 saturated heterocycles. The van der Waals surface area contributed by atoms with Crippen molar-refractivity contribution in [2.45, 2.75) is 37.5 Å². The molecule has 0 spiro atoms. The highest BCUT2D eigenvalue weighted by Gasteiger charge is 2.23. The van der Waals surface area contributed by atoms with Crippen LogP contribution in [0.5, 0.6) is 0 Å². The van der Waals surface area contributed by atoms with Gasteiger partial charge in [0.15, 0.2) is 0 Å². The predicted octanol–water partition coefficient (Wildman–Crippen LogP) is 3.35. The minimum absolute atomic E-state index is 0.0441. The number of halogens is 1. The lowest BCUT2D eigenvalue weighted by atomic mass is 9.91. The summed E-state index contributed by atoms with van der Waals surface area (Å²) in [7, 11) is 0. The van der Waals surface area contributed by atoms with E-state index >= 15 is 0 Å². The van der Waals surface area contributed by atoms with Crippen molar-refractivity contribution in [1.29, 1.82) is 0 Å². The lowest BCUT2D eigenvalue weighted by Gasteiger charge is -2.20. The molecule has 0 aromatic heterocycles. The first-order valence-electron chi connectivity index (χ1n) is 4.78. The van der Waals surface area contributed by atoms with Gasteiger partial charge < -0.3 is 4.74 Å². The quantitative estimate of drug-likeness (QED) is 0.256. The molecule has 0 fully saturated rings. The summed E-state index contributed by atoms with van der Waals surface area (Å²) < 4.78 is 5.03. The standard InChI is InChI=1S/C11H19IO2/c1-5-6-7-14-10(13)9(12)8-11(2,3)4/h5,9H,1,6-8H2,2-4H3. The smallest absolute Gasteiger partial charge is 0.318 e. The van der Waals surface area contributed by atoms with Crippen LogP contribution < -0.4 is 0 Å². The molecule has 0 aliphatic heterocycles. The maximum Gasteiger partial charge on any atom is 0.318 e. The molecule has 2 nitrogen and oxygen atoms in total. The molecule has 0 aliphatic carbocycles. The molecule has 0 rings (SSSR count). The van der Waals surface area contributed by atoms with Crippen LogP contribution >= 0.6 is 22.6 Å². The summed E-state index contributed by atoms with van der Waals surface area (Å²) in [5.74, 6) is -0.109. The monoisotopic (exact) mass is 310 g/mol. The Bertz CT molecular complexity index is 194. The average Bonchev–Trinajstić information content (AvgIpc) is 2.01. The molecule has 0 saturated carbocycles. The van der Waals surface area contributed by atoms with Crippen molar-refractivity contribution in [2.75, 3.05) is 6.61 Å². The van der Waals surface area contributed by atoms with E-state index in [0.29, 0.717) is 6.61 Å². The summed E-state index contributed by atoms with van der Waals surface area (Å²) >= 11 is 2.14. The summed E-state index contributed by atoms with van der Waals surface area (Å²) in [5, 5.41) is 0. The topological polar surface area (TPSA) is 26.3 Å². The van der Waals surface area contributed by atoms with Gasteiger partial charge in [-0.2, -0.15) is 0 Å². The summed E-state index contributed by atoms with van der Waals surface area (Å²) in [6.45, 7) is 10.4. The summed E-state index contributed by atoms with van der Waals surface area (Å²) in [5.41, 5.74) is 0.170. The van der Waals surface area contributed by atoms with Gasteiger partial charge in [-0.1, -0.05) is 49.4 Å². The first-order valence-corrected chi connectivity index (χ1v) is 6.03. The fraction of sp³-hybridized carbons (Fsp3) is 0.727. The number of hydrogen-bond donors (Lipinski definition) is 0. The second kappa shape index (κ2) is 6.43. The van der Waals surface area contributed by atoms with Gasteiger partial charge in [0.2, 0.25) is 0 Å². The van der Waals surface area contributed by atoms with E-state index in [1.54, 1.807) is 6.08 Å². The highest BCUT2D eigenvalue weighted by molar-refractivity contribution is 14.1. The number of ether oxygens (including phenoxy) is 1. The van der Waals surface area contributed by atoms with Crippen molar-refractivity contribution in [3.63, 3.8) is 0 Å². The molecular formula is C11H19IO2. The molecule has 3 heteroatoms. The van der Waals surface area contributed by atoms with E-state index in [4.69, 9.17) is 4.74 Å². The van der Waals surface area contributed by atoms with Crippen LogP contribution in [0.25, 0.3) is 0 Å². The zero-order valence-electron chi connectivity index (χ0n) is 9.18. The molecule has 0 N–H and O–H groups in total. The van der Waals surface area contributed by atoms with Crippen LogP contribution in [0, 0.1) is 5.41 Å². The van der Waals surface area contributed by atoms with Crippen molar-refractivity contribution in [3.8, 4) is 0 Å². The molecule has 82 valence electrons. The lowest BCUT2D eigenvalue weighted by molar-refractivity contribution is -0.142. The summed E-state index contributed by atoms with van der Waals surface area (Å²) in [6, 6.07) is 0. The van der Waals surface area contributed by atoms with Crippen molar-refractivity contribution >= 4 is 28.6 Å². The molecule has 0 radical (unpaired) electrons. The van der Waals surface area contributed by atoms with Crippen LogP contribution in [0.2, 0.25) is 0 Å². The number of rotatable bonds is 5. The van der Waals surface area contributed by atoms with E-state index in [9.17, 15) is 4.79 Å². The second-order valence-corrected chi connectivity index (χ2v) is 5.98. The van der Waals surface area contributed by atoms with E-state index in [-0.39, 0.29) is 15.3 Å². The Morgan fingerprint density at radius 2 is 2.14 bits per heavy atom. The van der Waals surface area contributed by atoms with Gasteiger partial charge in [0.1, 0.15) is 3.92 Å². The number of esters is 1. The average molecular weight is 310 g/mol. The molecule has 1 unspecified atom stereocenters. The number of carbonyl (C=O) groups is 1. The van der Waals surface area contributed by atoms with Crippen LogP contribution in [0.4, 0.5) is 0 Å². The normalized spacial score (nSPS) is 13.4. The third kappa shape index (κ3) is 7.35. The third-order valence-electron chi connectivity index (χ3n) is 1.61. The highest BCUT2D eigenvalue weighted by atomic mass is 127. The van der Waals surface area contributed by atoms with Crippen molar-refractivity contribution in [2.24, 2.45) is 5.41 Å². The predicted molar refractivity (Wildman–Crippen MR) is 67.7 cm³/mol. The lowest BCUT2D eigenvalue weighted by Crippen LogP contribution is -2.23. The van der Waals surface area contributed by atoms with Gasteiger partial charge in [-0.25, -0.2) is 0 Å². The fourth-order valence-electron chi connectivity index (χ4n) is 0.954. The maximum absolute atomic E-state index is 11.4. The first kappa shape index (κ1) is 13.9. The van der Waals surface area contributed by atoms with Gasteiger partial charge in [0.25, 0.3) is 0 Å². The van der Waals surface area contributed by atoms with Crippen LogP contribution in [0.1, 0.15) is 33.6 Å². The van der Waals surface area contributed by atoms with Gasteiger partial charge in [-0.3, -0.25) is 4.79 Å². The van der Waals surface area contributed by atoms with Crippen molar-refractivity contribution in [1.82, 2.24) is 0 Å². The van der Waals surface area contributed by atoms with Gasteiger partial charge in [0.05, 0.1) is 6.61 Å².